The average Bonchev–Trinajstić information content (AvgIpc) is 3.03. The molecule has 0 unspecified atom stereocenters. The molecule has 1 heterocycles. The summed E-state index contributed by atoms with van der Waals surface area (Å²) in [5, 5.41) is 0. The van der Waals surface area contributed by atoms with Gasteiger partial charge in [0.2, 0.25) is 0 Å². The number of benzene rings is 2. The van der Waals surface area contributed by atoms with Crippen LogP contribution in [-0.4, -0.2) is 15.5 Å². The third-order valence-corrected chi connectivity index (χ3v) is 2.54. The van der Waals surface area contributed by atoms with Crippen molar-refractivity contribution in [1.82, 2.24) is 9.55 Å². The number of aromatic nitrogens is 2. The normalized spacial score (nSPS) is 8.73. The molecule has 113 valence electrons. The number of fused-ring (bicyclic) bond motifs is 1. The molecule has 0 aliphatic rings. The zero-order valence-corrected chi connectivity index (χ0v) is 16.3. The fourth-order valence-electron chi connectivity index (χ4n) is 1.71. The van der Waals surface area contributed by atoms with Crippen molar-refractivity contribution in [2.45, 2.75) is 27.7 Å². The molecule has 0 fully saturated rings. The Morgan fingerprint density at radius 3 is 2.27 bits per heavy atom. The van der Waals surface area contributed by atoms with Crippen LogP contribution >= 0.6 is 0 Å². The fraction of sp³-hybridized carbons (Fsp3) is 0.222. The zero-order chi connectivity index (χ0) is 15.7. The van der Waals surface area contributed by atoms with E-state index in [0.717, 1.165) is 11.0 Å². The van der Waals surface area contributed by atoms with Crippen LogP contribution in [0.4, 0.5) is 0 Å². The van der Waals surface area contributed by atoms with Crippen molar-refractivity contribution >= 4 is 16.9 Å². The van der Waals surface area contributed by atoms with Gasteiger partial charge in [0.15, 0.2) is 5.91 Å². The summed E-state index contributed by atoms with van der Waals surface area (Å²) in [5.41, 5.74) is 2.03. The van der Waals surface area contributed by atoms with Gasteiger partial charge in [-0.1, -0.05) is 57.5 Å². The van der Waals surface area contributed by atoms with E-state index in [4.69, 9.17) is 0 Å². The summed E-state index contributed by atoms with van der Waals surface area (Å²) in [6, 6.07) is 17.4. The molecule has 0 atom stereocenters. The second-order valence-corrected chi connectivity index (χ2v) is 3.62. The van der Waals surface area contributed by atoms with Gasteiger partial charge in [-0.2, -0.15) is 0 Å². The maximum absolute atomic E-state index is 12.2. The molecular weight excluding hydrogens is 349 g/mol. The van der Waals surface area contributed by atoms with Gasteiger partial charge in [-0.05, 0) is 11.0 Å². The van der Waals surface area contributed by atoms with Gasteiger partial charge < -0.3 is 14.3 Å². The molecule has 0 saturated heterocycles. The first-order valence-electron chi connectivity index (χ1n) is 7.23. The molecule has 3 rings (SSSR count). The fourth-order valence-corrected chi connectivity index (χ4v) is 1.71. The van der Waals surface area contributed by atoms with Crippen molar-refractivity contribution in [3.05, 3.63) is 66.5 Å². The Balaban J connectivity index is 0.000000819. The summed E-state index contributed by atoms with van der Waals surface area (Å²) in [4.78, 5) is 16.3. The van der Waals surface area contributed by atoms with Crippen molar-refractivity contribution in [3.63, 3.8) is 0 Å². The van der Waals surface area contributed by atoms with Crippen LogP contribution in [0.2, 0.25) is 0 Å². The number of hydrogen-bond donors (Lipinski definition) is 0. The average molecular weight is 369 g/mol. The molecule has 1 aromatic heterocycles. The number of carbonyl (C=O) groups excluding carboxylic acids is 1. The number of para-hydroxylation sites is 2. The predicted molar refractivity (Wildman–Crippen MR) is 86.3 cm³/mol. The minimum Gasteiger partial charge on any atom is -0.395 e. The largest absolute Gasteiger partial charge is 0.395 e. The van der Waals surface area contributed by atoms with Crippen LogP contribution in [0.1, 0.15) is 38.1 Å². The van der Waals surface area contributed by atoms with Crippen LogP contribution in [-0.2, 0) is 32.7 Å². The smallest absolute Gasteiger partial charge is 0.160 e. The van der Waals surface area contributed by atoms with Gasteiger partial charge in [0.25, 0.3) is 0 Å². The first-order chi connectivity index (χ1) is 10.4. The first kappa shape index (κ1) is 20.7. The summed E-state index contributed by atoms with van der Waals surface area (Å²) < 4.78 is 1.42. The summed E-state index contributed by atoms with van der Waals surface area (Å²) in [6.45, 7) is 8.00. The quantitative estimate of drug-likeness (QED) is 0.597. The van der Waals surface area contributed by atoms with E-state index in [9.17, 15) is 4.79 Å². The molecule has 0 saturated carbocycles. The van der Waals surface area contributed by atoms with Crippen LogP contribution in [0, 0.1) is 12.4 Å². The van der Waals surface area contributed by atoms with Crippen LogP contribution in [0.15, 0.2) is 48.5 Å². The van der Waals surface area contributed by atoms with Gasteiger partial charge in [0, 0.05) is 39.0 Å². The minimum absolute atomic E-state index is 0. The molecule has 0 aliphatic carbocycles. The van der Waals surface area contributed by atoms with Crippen molar-refractivity contribution in [1.29, 1.82) is 0 Å². The third-order valence-electron chi connectivity index (χ3n) is 2.54. The molecule has 22 heavy (non-hydrogen) atoms. The Hall–Kier alpha value is -1.32. The molecule has 0 N–H and O–H groups in total. The molecule has 2 aromatic carbocycles. The van der Waals surface area contributed by atoms with E-state index in [0.29, 0.717) is 5.56 Å². The van der Waals surface area contributed by atoms with Crippen molar-refractivity contribution in [2.75, 3.05) is 0 Å². The van der Waals surface area contributed by atoms with Gasteiger partial charge in [-0.25, -0.2) is 0 Å². The van der Waals surface area contributed by atoms with Crippen molar-refractivity contribution in [3.8, 4) is 0 Å². The van der Waals surface area contributed by atoms with E-state index in [2.05, 4.69) is 17.4 Å². The second kappa shape index (κ2) is 11.3. The summed E-state index contributed by atoms with van der Waals surface area (Å²) in [6.07, 6.45) is 2.71. The number of rotatable bonds is 1. The molecular formula is C18H20N2OY-2. The topological polar surface area (TPSA) is 34.9 Å². The molecule has 0 aliphatic heterocycles. The van der Waals surface area contributed by atoms with E-state index < -0.39 is 0 Å². The molecule has 3 nitrogen and oxygen atoms in total. The Labute approximate surface area is 157 Å². The van der Waals surface area contributed by atoms with Crippen molar-refractivity contribution < 1.29 is 37.5 Å². The third kappa shape index (κ3) is 4.86. The van der Waals surface area contributed by atoms with Crippen LogP contribution in [0.25, 0.3) is 11.0 Å². The standard InChI is InChI=1S/C14H8N2O.2C2H6.Y/c17-14(11-6-2-1-3-7-11)16-10-15-12-8-4-5-9-13(12)16;2*1-2;/h1-6,8-9H;2*1-2H3;/q-2;;;. The van der Waals surface area contributed by atoms with Gasteiger partial charge >= 0.3 is 0 Å². The van der Waals surface area contributed by atoms with Crippen LogP contribution in [0.5, 0.6) is 0 Å². The monoisotopic (exact) mass is 369 g/mol. The number of imidazole rings is 1. The summed E-state index contributed by atoms with van der Waals surface area (Å²) in [7, 11) is 0. The molecule has 4 heteroatoms. The molecule has 1 radical (unpaired) electrons. The molecule has 0 amide bonds. The first-order valence-corrected chi connectivity index (χ1v) is 7.23. The number of carbonyl (C=O) groups is 1. The maximum atomic E-state index is 12.2. The van der Waals surface area contributed by atoms with Gasteiger partial charge in [-0.3, -0.25) is 0 Å². The Bertz CT molecular complexity index is 678. The van der Waals surface area contributed by atoms with Crippen LogP contribution in [0.3, 0.4) is 0 Å². The minimum atomic E-state index is -0.167. The number of hydrogen-bond acceptors (Lipinski definition) is 2. The predicted octanol–water partition coefficient (Wildman–Crippen LogP) is 4.38. The summed E-state index contributed by atoms with van der Waals surface area (Å²) in [5.74, 6) is -0.167. The van der Waals surface area contributed by atoms with Gasteiger partial charge in [-0.15, -0.1) is 30.3 Å². The number of nitrogens with zero attached hydrogens (tertiary/aromatic N) is 2. The Kier molecular flexibility index (Phi) is 10.6. The Morgan fingerprint density at radius 1 is 1.00 bits per heavy atom. The molecule has 3 aromatic rings. The second-order valence-electron chi connectivity index (χ2n) is 3.62. The van der Waals surface area contributed by atoms with Crippen molar-refractivity contribution in [2.24, 2.45) is 0 Å². The zero-order valence-electron chi connectivity index (χ0n) is 13.5. The summed E-state index contributed by atoms with van der Waals surface area (Å²) >= 11 is 0. The molecule has 0 spiro atoms. The molecule has 0 bridgehead atoms. The van der Waals surface area contributed by atoms with E-state index in [-0.39, 0.29) is 38.6 Å². The van der Waals surface area contributed by atoms with E-state index in [1.807, 2.05) is 64.1 Å². The SMILES string of the molecule is CC.CC.O=C(c1[c-]cccc1)n1[c-]nc2ccccc21.[Y]. The van der Waals surface area contributed by atoms with E-state index in [1.54, 1.807) is 12.1 Å². The van der Waals surface area contributed by atoms with Crippen LogP contribution < -0.4 is 0 Å². The van der Waals surface area contributed by atoms with E-state index >= 15 is 0 Å². The Morgan fingerprint density at radius 2 is 1.64 bits per heavy atom. The van der Waals surface area contributed by atoms with Gasteiger partial charge in [0.05, 0.1) is 0 Å². The maximum Gasteiger partial charge on any atom is 0.160 e. The van der Waals surface area contributed by atoms with E-state index in [1.165, 1.54) is 4.57 Å². The van der Waals surface area contributed by atoms with Gasteiger partial charge in [0.1, 0.15) is 0 Å².